The van der Waals surface area contributed by atoms with Gasteiger partial charge in [0.25, 0.3) is 0 Å². The van der Waals surface area contributed by atoms with E-state index in [-0.39, 0.29) is 38.7 Å². The standard InChI is InChI=1S/C15H29NO3.C6H15NO3/c1-2-3-4-5-6-7-8-9-10-11-14(17)12-16-13-15(18)19;8-4-1-7(2-5-9)3-6-10/h16H,2-13H2,1H3,(H,18,19);8-10H,1-6H2. The van der Waals surface area contributed by atoms with Crippen LogP contribution in [0, 0.1) is 0 Å². The van der Waals surface area contributed by atoms with Crippen LogP contribution in [0.1, 0.15) is 71.1 Å². The maximum absolute atomic E-state index is 11.4. The zero-order chi connectivity index (χ0) is 22.2. The molecule has 0 fully saturated rings. The van der Waals surface area contributed by atoms with Gasteiger partial charge in [-0.05, 0) is 6.42 Å². The van der Waals surface area contributed by atoms with Crippen LogP contribution < -0.4 is 5.32 Å². The summed E-state index contributed by atoms with van der Waals surface area (Å²) in [6.07, 6.45) is 11.7. The minimum absolute atomic E-state index is 0.0694. The molecule has 8 heteroatoms. The maximum Gasteiger partial charge on any atom is 0.317 e. The zero-order valence-electron chi connectivity index (χ0n) is 18.3. The number of ketones is 1. The van der Waals surface area contributed by atoms with Gasteiger partial charge in [0.1, 0.15) is 5.78 Å². The first-order valence-corrected chi connectivity index (χ1v) is 11.0. The average molecular weight is 421 g/mol. The third-order valence-electron chi connectivity index (χ3n) is 4.41. The number of unbranched alkanes of at least 4 members (excludes halogenated alkanes) is 8. The smallest absolute Gasteiger partial charge is 0.317 e. The van der Waals surface area contributed by atoms with Gasteiger partial charge < -0.3 is 25.7 Å². The van der Waals surface area contributed by atoms with E-state index in [9.17, 15) is 9.59 Å². The Hall–Kier alpha value is -1.06. The molecule has 8 nitrogen and oxygen atoms in total. The van der Waals surface area contributed by atoms with Crippen LogP contribution in [0.2, 0.25) is 0 Å². The molecule has 5 N–H and O–H groups in total. The van der Waals surface area contributed by atoms with Crippen molar-refractivity contribution >= 4 is 11.8 Å². The van der Waals surface area contributed by atoms with E-state index < -0.39 is 5.97 Å². The van der Waals surface area contributed by atoms with Gasteiger partial charge in [0.05, 0.1) is 32.9 Å². The monoisotopic (exact) mass is 420 g/mol. The molecule has 0 unspecified atom stereocenters. The lowest BCUT2D eigenvalue weighted by Gasteiger charge is -2.17. The maximum atomic E-state index is 11.4. The highest BCUT2D eigenvalue weighted by Gasteiger charge is 2.03. The van der Waals surface area contributed by atoms with Crippen molar-refractivity contribution in [1.82, 2.24) is 10.2 Å². The van der Waals surface area contributed by atoms with Crippen molar-refractivity contribution in [2.24, 2.45) is 0 Å². The molecule has 0 saturated carbocycles. The molecule has 0 amide bonds. The second-order valence-electron chi connectivity index (χ2n) is 7.13. The minimum atomic E-state index is -0.920. The van der Waals surface area contributed by atoms with Crippen LogP contribution >= 0.6 is 0 Å². The Morgan fingerprint density at radius 1 is 0.724 bits per heavy atom. The molecule has 0 atom stereocenters. The first-order chi connectivity index (χ1) is 14.0. The van der Waals surface area contributed by atoms with Crippen LogP contribution in [0.25, 0.3) is 0 Å². The second kappa shape index (κ2) is 25.0. The third kappa shape index (κ3) is 26.9. The van der Waals surface area contributed by atoms with Crippen molar-refractivity contribution in [2.75, 3.05) is 52.5 Å². The Kier molecular flexibility index (Phi) is 26.0. The summed E-state index contributed by atoms with van der Waals surface area (Å²) in [4.78, 5) is 23.4. The predicted octanol–water partition coefficient (Wildman–Crippen LogP) is 1.42. The topological polar surface area (TPSA) is 130 Å². The van der Waals surface area contributed by atoms with E-state index in [0.717, 1.165) is 12.8 Å². The lowest BCUT2D eigenvalue weighted by molar-refractivity contribution is -0.135. The number of hydrogen-bond donors (Lipinski definition) is 5. The van der Waals surface area contributed by atoms with Gasteiger partial charge in [0.2, 0.25) is 0 Å². The van der Waals surface area contributed by atoms with Gasteiger partial charge in [-0.25, -0.2) is 0 Å². The minimum Gasteiger partial charge on any atom is -0.480 e. The van der Waals surface area contributed by atoms with Gasteiger partial charge in [0.15, 0.2) is 0 Å². The second-order valence-corrected chi connectivity index (χ2v) is 7.13. The summed E-state index contributed by atoms with van der Waals surface area (Å²) in [5.74, 6) is -0.805. The molecule has 0 aromatic rings. The predicted molar refractivity (Wildman–Crippen MR) is 115 cm³/mol. The molecule has 0 aliphatic rings. The van der Waals surface area contributed by atoms with Crippen LogP contribution in [0.3, 0.4) is 0 Å². The number of aliphatic hydroxyl groups is 3. The molecule has 0 saturated heterocycles. The van der Waals surface area contributed by atoms with Crippen molar-refractivity contribution in [3.63, 3.8) is 0 Å². The molecule has 174 valence electrons. The fourth-order valence-corrected chi connectivity index (χ4v) is 2.79. The zero-order valence-corrected chi connectivity index (χ0v) is 18.3. The number of Topliss-reactive ketones (excluding diaryl/α,β-unsaturated/α-hetero) is 1. The summed E-state index contributed by atoms with van der Waals surface area (Å²) in [5, 5.41) is 36.5. The largest absolute Gasteiger partial charge is 0.480 e. The summed E-state index contributed by atoms with van der Waals surface area (Å²) in [7, 11) is 0. The van der Waals surface area contributed by atoms with Crippen LogP contribution in [0.5, 0.6) is 0 Å². The van der Waals surface area contributed by atoms with Gasteiger partial charge in [0, 0.05) is 26.1 Å². The van der Waals surface area contributed by atoms with Gasteiger partial charge in [-0.15, -0.1) is 0 Å². The number of aliphatic carboxylic acids is 1. The molecule has 0 aliphatic carbocycles. The van der Waals surface area contributed by atoms with Crippen LogP contribution in [-0.4, -0.2) is 89.6 Å². The molecule has 0 heterocycles. The number of carboxylic acids is 1. The van der Waals surface area contributed by atoms with Gasteiger partial charge in [-0.2, -0.15) is 0 Å². The molecule has 0 aromatic carbocycles. The van der Waals surface area contributed by atoms with Crippen molar-refractivity contribution in [2.45, 2.75) is 71.1 Å². The van der Waals surface area contributed by atoms with Crippen molar-refractivity contribution in [3.05, 3.63) is 0 Å². The normalized spacial score (nSPS) is 10.7. The molecule has 0 radical (unpaired) electrons. The van der Waals surface area contributed by atoms with E-state index in [1.165, 1.54) is 44.9 Å². The SMILES string of the molecule is CCCCCCCCCCCC(=O)CNCC(=O)O.OCCN(CCO)CCO. The summed E-state index contributed by atoms with van der Waals surface area (Å²) in [6.45, 7) is 4.03. The lowest BCUT2D eigenvalue weighted by Crippen LogP contribution is -2.32. The Balaban J connectivity index is 0. The summed E-state index contributed by atoms with van der Waals surface area (Å²) >= 11 is 0. The molecule has 0 bridgehead atoms. The Morgan fingerprint density at radius 2 is 1.17 bits per heavy atom. The summed E-state index contributed by atoms with van der Waals surface area (Å²) in [6, 6.07) is 0. The van der Waals surface area contributed by atoms with Crippen LogP contribution in [-0.2, 0) is 9.59 Å². The van der Waals surface area contributed by atoms with Crippen molar-refractivity contribution < 1.29 is 30.0 Å². The fourth-order valence-electron chi connectivity index (χ4n) is 2.79. The summed E-state index contributed by atoms with van der Waals surface area (Å²) in [5.41, 5.74) is 0. The quantitative estimate of drug-likeness (QED) is 0.187. The Bertz CT molecular complexity index is 355. The highest BCUT2D eigenvalue weighted by atomic mass is 16.4. The first kappa shape index (κ1) is 30.1. The van der Waals surface area contributed by atoms with Gasteiger partial charge in [-0.1, -0.05) is 58.3 Å². The Morgan fingerprint density at radius 3 is 1.59 bits per heavy atom. The molecule has 0 aliphatic heterocycles. The number of rotatable bonds is 20. The number of aliphatic hydroxyl groups excluding tert-OH is 3. The van der Waals surface area contributed by atoms with E-state index in [2.05, 4.69) is 12.2 Å². The van der Waals surface area contributed by atoms with Crippen molar-refractivity contribution in [1.29, 1.82) is 0 Å². The lowest BCUT2D eigenvalue weighted by atomic mass is 10.1. The number of carbonyl (C=O) groups excluding carboxylic acids is 1. The van der Waals surface area contributed by atoms with E-state index >= 15 is 0 Å². The molecule has 29 heavy (non-hydrogen) atoms. The van der Waals surface area contributed by atoms with Gasteiger partial charge >= 0.3 is 5.97 Å². The molecule has 0 rings (SSSR count). The third-order valence-corrected chi connectivity index (χ3v) is 4.41. The van der Waals surface area contributed by atoms with E-state index in [1.54, 1.807) is 4.90 Å². The van der Waals surface area contributed by atoms with E-state index in [0.29, 0.717) is 26.1 Å². The van der Waals surface area contributed by atoms with E-state index in [1.807, 2.05) is 0 Å². The van der Waals surface area contributed by atoms with Crippen molar-refractivity contribution in [3.8, 4) is 0 Å². The number of nitrogens with zero attached hydrogens (tertiary/aromatic N) is 1. The highest BCUT2D eigenvalue weighted by molar-refractivity contribution is 5.81. The average Bonchev–Trinajstić information content (AvgIpc) is 2.67. The van der Waals surface area contributed by atoms with E-state index in [4.69, 9.17) is 20.4 Å². The number of nitrogens with one attached hydrogen (secondary N) is 1. The number of carbonyl (C=O) groups is 2. The van der Waals surface area contributed by atoms with Gasteiger partial charge in [-0.3, -0.25) is 14.5 Å². The van der Waals surface area contributed by atoms with Crippen LogP contribution in [0.4, 0.5) is 0 Å². The molecular weight excluding hydrogens is 376 g/mol. The number of carboxylic acid groups (broad SMARTS) is 1. The first-order valence-electron chi connectivity index (χ1n) is 11.0. The Labute approximate surface area is 176 Å². The molecular formula is C21H44N2O6. The fraction of sp³-hybridized carbons (Fsp3) is 0.905. The molecule has 0 spiro atoms. The number of hydrogen-bond acceptors (Lipinski definition) is 7. The van der Waals surface area contributed by atoms with Crippen LogP contribution in [0.15, 0.2) is 0 Å². The summed E-state index contributed by atoms with van der Waals surface area (Å²) < 4.78 is 0. The highest BCUT2D eigenvalue weighted by Crippen LogP contribution is 2.10. The molecule has 0 aromatic heterocycles.